The lowest BCUT2D eigenvalue weighted by molar-refractivity contribution is 0.00905. The summed E-state index contributed by atoms with van der Waals surface area (Å²) in [6.45, 7) is 11.4. The fourth-order valence-corrected chi connectivity index (χ4v) is 1.66. The van der Waals surface area contributed by atoms with Crippen LogP contribution in [0.1, 0.15) is 34.6 Å². The van der Waals surface area contributed by atoms with Crippen LogP contribution in [0.2, 0.25) is 0 Å². The maximum atomic E-state index is 5.57. The maximum Gasteiger partial charge on any atom is 0.147 e. The molecule has 1 rings (SSSR count). The molecule has 1 aliphatic rings. The van der Waals surface area contributed by atoms with Gasteiger partial charge < -0.3 is 9.47 Å². The van der Waals surface area contributed by atoms with Crippen LogP contribution in [-0.4, -0.2) is 19.0 Å². The molecule has 0 amide bonds. The van der Waals surface area contributed by atoms with E-state index in [0.717, 1.165) is 0 Å². The molecule has 2 heteroatoms. The molecule has 1 fully saturated rings. The van der Waals surface area contributed by atoms with E-state index in [9.17, 15) is 0 Å². The molecule has 0 aliphatic carbocycles. The van der Waals surface area contributed by atoms with Crippen LogP contribution in [0.5, 0.6) is 0 Å². The van der Waals surface area contributed by atoms with Crippen molar-refractivity contribution in [2.45, 2.75) is 46.8 Å². The van der Waals surface area contributed by atoms with Crippen molar-refractivity contribution in [3.8, 4) is 0 Å². The van der Waals surface area contributed by atoms with Gasteiger partial charge in [-0.25, -0.2) is 0 Å². The van der Waals surface area contributed by atoms with Crippen molar-refractivity contribution in [1.29, 1.82) is 0 Å². The van der Waals surface area contributed by atoms with E-state index < -0.39 is 0 Å². The molecule has 0 bridgehead atoms. The second kappa shape index (κ2) is 3.35. The Morgan fingerprint density at radius 2 is 1.75 bits per heavy atom. The molecular weight excluding hydrogens is 152 g/mol. The standard InChI is InChI=1S/C10H20O2/c1-7(2)8-9(10(3,4)5)12-6-11-8/h7-9H,6H2,1-5H3. The quantitative estimate of drug-likeness (QED) is 0.604. The van der Waals surface area contributed by atoms with E-state index in [1.807, 2.05) is 0 Å². The topological polar surface area (TPSA) is 18.5 Å². The number of hydrogen-bond acceptors (Lipinski definition) is 2. The zero-order valence-corrected chi connectivity index (χ0v) is 8.76. The molecule has 0 saturated carbocycles. The Bertz CT molecular complexity index is 146. The predicted octanol–water partition coefficient (Wildman–Crippen LogP) is 2.43. The second-order valence-electron chi connectivity index (χ2n) is 4.95. The van der Waals surface area contributed by atoms with Crippen molar-refractivity contribution < 1.29 is 9.47 Å². The first kappa shape index (κ1) is 10.0. The minimum atomic E-state index is 0.186. The molecular formula is C10H20O2. The molecule has 0 N–H and O–H groups in total. The van der Waals surface area contributed by atoms with Crippen LogP contribution in [0.4, 0.5) is 0 Å². The van der Waals surface area contributed by atoms with E-state index in [1.165, 1.54) is 0 Å². The Morgan fingerprint density at radius 1 is 1.17 bits per heavy atom. The smallest absolute Gasteiger partial charge is 0.147 e. The highest BCUT2D eigenvalue weighted by Crippen LogP contribution is 2.33. The van der Waals surface area contributed by atoms with Gasteiger partial charge in [-0.1, -0.05) is 34.6 Å². The van der Waals surface area contributed by atoms with E-state index in [4.69, 9.17) is 9.47 Å². The minimum absolute atomic E-state index is 0.186. The van der Waals surface area contributed by atoms with Crippen LogP contribution in [0, 0.1) is 11.3 Å². The number of hydrogen-bond donors (Lipinski definition) is 0. The summed E-state index contributed by atoms with van der Waals surface area (Å²) in [7, 11) is 0. The Morgan fingerprint density at radius 3 is 2.08 bits per heavy atom. The third-order valence-corrected chi connectivity index (χ3v) is 2.32. The Labute approximate surface area is 75.2 Å². The highest BCUT2D eigenvalue weighted by molar-refractivity contribution is 4.86. The van der Waals surface area contributed by atoms with Crippen molar-refractivity contribution in [2.24, 2.45) is 11.3 Å². The lowest BCUT2D eigenvalue weighted by Gasteiger charge is -2.31. The zero-order chi connectivity index (χ0) is 9.35. The third kappa shape index (κ3) is 1.99. The number of rotatable bonds is 1. The molecule has 0 radical (unpaired) electrons. The van der Waals surface area contributed by atoms with Crippen molar-refractivity contribution in [2.75, 3.05) is 6.79 Å². The third-order valence-electron chi connectivity index (χ3n) is 2.32. The van der Waals surface area contributed by atoms with Gasteiger partial charge in [0.25, 0.3) is 0 Å². The van der Waals surface area contributed by atoms with E-state index in [2.05, 4.69) is 34.6 Å². The summed E-state index contributed by atoms with van der Waals surface area (Å²) in [5.41, 5.74) is 0.186. The SMILES string of the molecule is CC(C)C1OCOC1C(C)(C)C. The summed E-state index contributed by atoms with van der Waals surface area (Å²) < 4.78 is 11.1. The average molecular weight is 172 g/mol. The van der Waals surface area contributed by atoms with Crippen LogP contribution in [0.3, 0.4) is 0 Å². The largest absolute Gasteiger partial charge is 0.349 e. The van der Waals surface area contributed by atoms with Crippen molar-refractivity contribution in [3.63, 3.8) is 0 Å². The molecule has 1 saturated heterocycles. The van der Waals surface area contributed by atoms with Gasteiger partial charge in [-0.05, 0) is 11.3 Å². The molecule has 72 valence electrons. The van der Waals surface area contributed by atoms with Gasteiger partial charge in [-0.2, -0.15) is 0 Å². The molecule has 0 spiro atoms. The van der Waals surface area contributed by atoms with Gasteiger partial charge in [0.2, 0.25) is 0 Å². The van der Waals surface area contributed by atoms with Crippen molar-refractivity contribution >= 4 is 0 Å². The summed E-state index contributed by atoms with van der Waals surface area (Å²) >= 11 is 0. The first-order chi connectivity index (χ1) is 5.43. The van der Waals surface area contributed by atoms with Crippen LogP contribution < -0.4 is 0 Å². The lowest BCUT2D eigenvalue weighted by Crippen LogP contribution is -2.38. The van der Waals surface area contributed by atoms with Gasteiger partial charge in [0, 0.05) is 0 Å². The van der Waals surface area contributed by atoms with Gasteiger partial charge in [-0.3, -0.25) is 0 Å². The molecule has 0 aromatic heterocycles. The highest BCUT2D eigenvalue weighted by Gasteiger charge is 2.39. The van der Waals surface area contributed by atoms with E-state index in [0.29, 0.717) is 12.7 Å². The summed E-state index contributed by atoms with van der Waals surface area (Å²) in [5, 5.41) is 0. The molecule has 2 unspecified atom stereocenters. The maximum absolute atomic E-state index is 5.57. The molecule has 0 aromatic carbocycles. The van der Waals surface area contributed by atoms with E-state index >= 15 is 0 Å². The Hall–Kier alpha value is -0.0800. The van der Waals surface area contributed by atoms with Gasteiger partial charge in [0.1, 0.15) is 6.79 Å². The Balaban J connectivity index is 2.64. The summed E-state index contributed by atoms with van der Waals surface area (Å²) in [6.07, 6.45) is 0.516. The molecule has 1 aliphatic heterocycles. The van der Waals surface area contributed by atoms with E-state index in [1.54, 1.807) is 0 Å². The van der Waals surface area contributed by atoms with Crippen LogP contribution in [-0.2, 0) is 9.47 Å². The molecule has 1 heterocycles. The normalized spacial score (nSPS) is 31.5. The predicted molar refractivity (Wildman–Crippen MR) is 48.9 cm³/mol. The van der Waals surface area contributed by atoms with Crippen LogP contribution >= 0.6 is 0 Å². The van der Waals surface area contributed by atoms with Gasteiger partial charge in [0.05, 0.1) is 12.2 Å². The van der Waals surface area contributed by atoms with Crippen LogP contribution in [0.25, 0.3) is 0 Å². The Kier molecular flexibility index (Phi) is 2.79. The fourth-order valence-electron chi connectivity index (χ4n) is 1.66. The van der Waals surface area contributed by atoms with Crippen LogP contribution in [0.15, 0.2) is 0 Å². The second-order valence-corrected chi connectivity index (χ2v) is 4.95. The fraction of sp³-hybridized carbons (Fsp3) is 1.00. The summed E-state index contributed by atoms with van der Waals surface area (Å²) in [5.74, 6) is 0.539. The average Bonchev–Trinajstić information content (AvgIpc) is 2.30. The van der Waals surface area contributed by atoms with Gasteiger partial charge >= 0.3 is 0 Å². The minimum Gasteiger partial charge on any atom is -0.349 e. The molecule has 12 heavy (non-hydrogen) atoms. The van der Waals surface area contributed by atoms with Gasteiger partial charge in [-0.15, -0.1) is 0 Å². The lowest BCUT2D eigenvalue weighted by atomic mass is 9.82. The monoisotopic (exact) mass is 172 g/mol. The summed E-state index contributed by atoms with van der Waals surface area (Å²) in [6, 6.07) is 0. The van der Waals surface area contributed by atoms with E-state index in [-0.39, 0.29) is 17.6 Å². The van der Waals surface area contributed by atoms with Crippen molar-refractivity contribution in [3.05, 3.63) is 0 Å². The van der Waals surface area contributed by atoms with Gasteiger partial charge in [0.15, 0.2) is 0 Å². The summed E-state index contributed by atoms with van der Waals surface area (Å²) in [4.78, 5) is 0. The molecule has 2 nitrogen and oxygen atoms in total. The molecule has 0 aromatic rings. The highest BCUT2D eigenvalue weighted by atomic mass is 16.7. The zero-order valence-electron chi connectivity index (χ0n) is 8.76. The first-order valence-corrected chi connectivity index (χ1v) is 4.66. The molecule has 2 atom stereocenters. The van der Waals surface area contributed by atoms with Crippen molar-refractivity contribution in [1.82, 2.24) is 0 Å². The number of ether oxygens (including phenoxy) is 2. The first-order valence-electron chi connectivity index (χ1n) is 4.66.